The molecule has 356 valence electrons. The Morgan fingerprint density at radius 2 is 0.869 bits per heavy atom. The maximum absolute atomic E-state index is 12.6. The van der Waals surface area contributed by atoms with E-state index < -0.39 is 51.8 Å². The van der Waals surface area contributed by atoms with Crippen molar-refractivity contribution in [3.05, 3.63) is 48.6 Å². The largest absolute Gasteiger partial charge is 0.472 e. The van der Waals surface area contributed by atoms with Crippen molar-refractivity contribution in [3.63, 3.8) is 0 Å². The van der Waals surface area contributed by atoms with Gasteiger partial charge in [-0.3, -0.25) is 18.6 Å². The lowest BCUT2D eigenvalue weighted by molar-refractivity contribution is -0.161. The van der Waals surface area contributed by atoms with E-state index in [9.17, 15) is 24.2 Å². The monoisotopic (exact) mass is 883 g/mol. The molecule has 0 aromatic rings. The van der Waals surface area contributed by atoms with Gasteiger partial charge in [-0.1, -0.05) is 204 Å². The number of esters is 2. The van der Waals surface area contributed by atoms with E-state index in [0.717, 1.165) is 38.5 Å². The summed E-state index contributed by atoms with van der Waals surface area (Å²) in [7, 11) is -4.64. The van der Waals surface area contributed by atoms with E-state index in [4.69, 9.17) is 23.6 Å². The second kappa shape index (κ2) is 45.9. The summed E-state index contributed by atoms with van der Waals surface area (Å²) in [5.74, 6) is -0.983. The third kappa shape index (κ3) is 45.8. The number of unbranched alkanes of at least 4 members (excludes halogenated alkanes) is 24. The van der Waals surface area contributed by atoms with Crippen molar-refractivity contribution in [2.75, 3.05) is 26.4 Å². The maximum Gasteiger partial charge on any atom is 0.472 e. The molecule has 10 nitrogen and oxygen atoms in total. The van der Waals surface area contributed by atoms with Crippen molar-refractivity contribution in [3.8, 4) is 0 Å². The molecule has 0 amide bonds. The molecule has 0 aliphatic carbocycles. The number of aliphatic hydroxyl groups excluding tert-OH is 2. The first-order chi connectivity index (χ1) is 29.7. The van der Waals surface area contributed by atoms with Gasteiger partial charge in [0.15, 0.2) is 6.10 Å². The Kier molecular flexibility index (Phi) is 44.4. The van der Waals surface area contributed by atoms with Crippen molar-refractivity contribution >= 4 is 19.8 Å². The number of hydrogen-bond acceptors (Lipinski definition) is 9. The Labute approximate surface area is 373 Å². The van der Waals surface area contributed by atoms with Crippen LogP contribution in [0.15, 0.2) is 48.6 Å². The van der Waals surface area contributed by atoms with E-state index >= 15 is 0 Å². The lowest BCUT2D eigenvalue weighted by Gasteiger charge is -2.20. The quantitative estimate of drug-likeness (QED) is 0.0233. The van der Waals surface area contributed by atoms with Crippen LogP contribution in [0.2, 0.25) is 0 Å². The summed E-state index contributed by atoms with van der Waals surface area (Å²) < 4.78 is 32.8. The number of hydrogen-bond donors (Lipinski definition) is 3. The molecule has 0 aromatic carbocycles. The molecule has 0 aliphatic rings. The number of phosphoric ester groups is 1. The molecular formula is C50H91O10P. The molecular weight excluding hydrogens is 792 g/mol. The number of ether oxygens (including phenoxy) is 2. The van der Waals surface area contributed by atoms with Crippen LogP contribution in [0.5, 0.6) is 0 Å². The third-order valence-corrected chi connectivity index (χ3v) is 11.4. The van der Waals surface area contributed by atoms with Gasteiger partial charge in [0, 0.05) is 12.8 Å². The Balaban J connectivity index is 4.31. The van der Waals surface area contributed by atoms with Crippen LogP contribution >= 0.6 is 7.82 Å². The second-order valence-corrected chi connectivity index (χ2v) is 17.9. The summed E-state index contributed by atoms with van der Waals surface area (Å²) in [6.07, 6.45) is 50.9. The smallest absolute Gasteiger partial charge is 0.462 e. The SMILES string of the molecule is CCCCCCCCC/C=C/C/C=C/C/C=C/C/C=C/CCCC(=O)O[C@H](COC(=O)CCCCCCCCCCCCCCCCCCC)COP(=O)(O)OC[C@@H](O)CO. The highest BCUT2D eigenvalue weighted by molar-refractivity contribution is 7.47. The number of phosphoric acid groups is 1. The van der Waals surface area contributed by atoms with Crippen LogP contribution < -0.4 is 0 Å². The molecule has 0 heterocycles. The van der Waals surface area contributed by atoms with Gasteiger partial charge in [0.05, 0.1) is 19.8 Å². The summed E-state index contributed by atoms with van der Waals surface area (Å²) >= 11 is 0. The Bertz CT molecular complexity index is 1150. The van der Waals surface area contributed by atoms with Crippen molar-refractivity contribution in [1.82, 2.24) is 0 Å². The van der Waals surface area contributed by atoms with E-state index in [1.165, 1.54) is 135 Å². The minimum absolute atomic E-state index is 0.109. The average Bonchev–Trinajstić information content (AvgIpc) is 3.25. The van der Waals surface area contributed by atoms with E-state index in [0.29, 0.717) is 19.3 Å². The third-order valence-electron chi connectivity index (χ3n) is 10.5. The molecule has 0 spiro atoms. The van der Waals surface area contributed by atoms with Crippen LogP contribution in [0.3, 0.4) is 0 Å². The number of allylic oxidation sites excluding steroid dienone is 8. The van der Waals surface area contributed by atoms with Gasteiger partial charge in [0.2, 0.25) is 0 Å². The van der Waals surface area contributed by atoms with Crippen molar-refractivity contribution in [1.29, 1.82) is 0 Å². The lowest BCUT2D eigenvalue weighted by atomic mass is 10.0. The minimum Gasteiger partial charge on any atom is -0.462 e. The number of rotatable bonds is 46. The van der Waals surface area contributed by atoms with Gasteiger partial charge in [0.25, 0.3) is 0 Å². The van der Waals surface area contributed by atoms with Gasteiger partial charge in [-0.2, -0.15) is 0 Å². The molecule has 3 atom stereocenters. The van der Waals surface area contributed by atoms with Crippen molar-refractivity contribution in [2.24, 2.45) is 0 Å². The zero-order valence-corrected chi connectivity index (χ0v) is 39.8. The molecule has 0 bridgehead atoms. The molecule has 3 N–H and O–H groups in total. The Morgan fingerprint density at radius 3 is 1.33 bits per heavy atom. The molecule has 11 heteroatoms. The highest BCUT2D eigenvalue weighted by Crippen LogP contribution is 2.43. The molecule has 0 rings (SSSR count). The topological polar surface area (TPSA) is 149 Å². The average molecular weight is 883 g/mol. The number of carbonyl (C=O) groups excluding carboxylic acids is 2. The molecule has 61 heavy (non-hydrogen) atoms. The molecule has 0 fully saturated rings. The fourth-order valence-electron chi connectivity index (χ4n) is 6.69. The van der Waals surface area contributed by atoms with Gasteiger partial charge in [-0.25, -0.2) is 4.57 Å². The minimum atomic E-state index is -4.64. The van der Waals surface area contributed by atoms with E-state index in [1.807, 2.05) is 6.08 Å². The van der Waals surface area contributed by atoms with Gasteiger partial charge in [0.1, 0.15) is 12.7 Å². The zero-order chi connectivity index (χ0) is 44.8. The zero-order valence-electron chi connectivity index (χ0n) is 38.9. The fourth-order valence-corrected chi connectivity index (χ4v) is 7.48. The van der Waals surface area contributed by atoms with Gasteiger partial charge < -0.3 is 24.6 Å². The van der Waals surface area contributed by atoms with Crippen LogP contribution in [0, 0.1) is 0 Å². The van der Waals surface area contributed by atoms with Gasteiger partial charge in [-0.15, -0.1) is 0 Å². The van der Waals surface area contributed by atoms with Crippen LogP contribution in [0.25, 0.3) is 0 Å². The number of aliphatic hydroxyl groups is 2. The first-order valence-electron chi connectivity index (χ1n) is 24.6. The molecule has 1 unspecified atom stereocenters. The summed E-state index contributed by atoms with van der Waals surface area (Å²) in [6, 6.07) is 0. The predicted octanol–water partition coefficient (Wildman–Crippen LogP) is 13.7. The molecule has 0 saturated heterocycles. The van der Waals surface area contributed by atoms with Crippen LogP contribution in [0.1, 0.15) is 219 Å². The van der Waals surface area contributed by atoms with E-state index in [2.05, 4.69) is 56.4 Å². The summed E-state index contributed by atoms with van der Waals surface area (Å²) in [6.45, 7) is 2.34. The van der Waals surface area contributed by atoms with E-state index in [-0.39, 0.29) is 19.4 Å². The molecule has 0 radical (unpaired) electrons. The molecule has 0 aromatic heterocycles. The van der Waals surface area contributed by atoms with Crippen molar-refractivity contribution < 1.29 is 47.8 Å². The Morgan fingerprint density at radius 1 is 0.492 bits per heavy atom. The van der Waals surface area contributed by atoms with Crippen LogP contribution in [-0.4, -0.2) is 65.7 Å². The first-order valence-corrected chi connectivity index (χ1v) is 26.1. The van der Waals surface area contributed by atoms with Crippen LogP contribution in [-0.2, 0) is 32.7 Å². The predicted molar refractivity (Wildman–Crippen MR) is 251 cm³/mol. The van der Waals surface area contributed by atoms with Crippen molar-refractivity contribution in [2.45, 2.75) is 232 Å². The highest BCUT2D eigenvalue weighted by atomic mass is 31.2. The van der Waals surface area contributed by atoms with Crippen LogP contribution in [0.4, 0.5) is 0 Å². The normalized spacial score (nSPS) is 14.1. The molecule has 0 aliphatic heterocycles. The highest BCUT2D eigenvalue weighted by Gasteiger charge is 2.27. The van der Waals surface area contributed by atoms with Gasteiger partial charge >= 0.3 is 19.8 Å². The fraction of sp³-hybridized carbons (Fsp3) is 0.800. The lowest BCUT2D eigenvalue weighted by Crippen LogP contribution is -2.29. The van der Waals surface area contributed by atoms with E-state index in [1.54, 1.807) is 0 Å². The Hall–Kier alpha value is -2.07. The summed E-state index contributed by atoms with van der Waals surface area (Å²) in [4.78, 5) is 35.1. The number of carbonyl (C=O) groups is 2. The second-order valence-electron chi connectivity index (χ2n) is 16.5. The maximum atomic E-state index is 12.6. The van der Waals surface area contributed by atoms with Gasteiger partial charge in [-0.05, 0) is 51.4 Å². The summed E-state index contributed by atoms with van der Waals surface area (Å²) in [5.41, 5.74) is 0. The molecule has 0 saturated carbocycles. The first kappa shape index (κ1) is 58.9. The summed E-state index contributed by atoms with van der Waals surface area (Å²) in [5, 5.41) is 18.4. The standard InChI is InChI=1S/C50H91O10P/c1-3-5-7-9-11-13-15-17-19-21-22-23-24-26-28-30-32-34-36-38-40-42-50(54)60-48(46-59-61(55,56)58-44-47(52)43-51)45-57-49(53)41-39-37-35-33-31-29-27-25-20-18-16-14-12-10-8-6-4-2/h19,21,23-24,28,30,34,36,47-48,51-52H,3-18,20,22,25-27,29,31-33,35,37-46H2,1-2H3,(H,55,56)/b21-19+,24-23+,30-28+,36-34+/t47-,48+/m0/s1.